The van der Waals surface area contributed by atoms with Crippen LogP contribution in [0.3, 0.4) is 0 Å². The lowest BCUT2D eigenvalue weighted by Gasteiger charge is -2.10. The van der Waals surface area contributed by atoms with Crippen LogP contribution >= 0.6 is 0 Å². The molecule has 3 aromatic rings. The average Bonchev–Trinajstić information content (AvgIpc) is 2.66. The molecule has 0 bridgehead atoms. The Morgan fingerprint density at radius 2 is 1.79 bits per heavy atom. The number of ether oxygens (including phenoxy) is 1. The predicted molar refractivity (Wildman–Crippen MR) is 96.0 cm³/mol. The molecule has 2 aromatic carbocycles. The van der Waals surface area contributed by atoms with Gasteiger partial charge in [-0.3, -0.25) is 4.98 Å². The number of hydrogen-bond donors (Lipinski definition) is 2. The number of aliphatic hydroxyl groups excluding tert-OH is 1. The maximum atomic E-state index is 8.76. The van der Waals surface area contributed by atoms with Crippen LogP contribution in [0.1, 0.15) is 5.56 Å². The highest BCUT2D eigenvalue weighted by molar-refractivity contribution is 5.63. The Morgan fingerprint density at radius 1 is 0.958 bits per heavy atom. The second kappa shape index (κ2) is 8.13. The summed E-state index contributed by atoms with van der Waals surface area (Å²) in [6.07, 6.45) is 3.65. The van der Waals surface area contributed by atoms with E-state index in [1.807, 2.05) is 36.5 Å². The summed E-state index contributed by atoms with van der Waals surface area (Å²) in [5, 5.41) is 12.2. The third kappa shape index (κ3) is 4.33. The lowest BCUT2D eigenvalue weighted by molar-refractivity contribution is 0.201. The van der Waals surface area contributed by atoms with Crippen LogP contribution in [0.4, 0.5) is 5.69 Å². The Hall–Kier alpha value is -2.85. The van der Waals surface area contributed by atoms with Gasteiger partial charge in [-0.15, -0.1) is 0 Å². The maximum Gasteiger partial charge on any atom is 0.119 e. The van der Waals surface area contributed by atoms with Gasteiger partial charge in [0.25, 0.3) is 0 Å². The normalized spacial score (nSPS) is 10.4. The summed E-state index contributed by atoms with van der Waals surface area (Å²) in [6, 6.07) is 20.2. The van der Waals surface area contributed by atoms with E-state index in [1.54, 1.807) is 6.20 Å². The average molecular weight is 320 g/mol. The van der Waals surface area contributed by atoms with Crippen LogP contribution < -0.4 is 10.1 Å². The molecule has 0 saturated carbocycles. The number of aliphatic hydroxyl groups is 1. The molecule has 0 aliphatic heterocycles. The van der Waals surface area contributed by atoms with Crippen molar-refractivity contribution in [2.45, 2.75) is 6.54 Å². The number of benzene rings is 2. The van der Waals surface area contributed by atoms with Crippen LogP contribution in [0.2, 0.25) is 0 Å². The molecule has 3 rings (SSSR count). The number of pyridine rings is 1. The van der Waals surface area contributed by atoms with E-state index in [0.29, 0.717) is 6.61 Å². The lowest BCUT2D eigenvalue weighted by atomic mass is 10.0. The Kier molecular flexibility index (Phi) is 5.43. The first-order valence-electron chi connectivity index (χ1n) is 7.92. The van der Waals surface area contributed by atoms with Gasteiger partial charge in [-0.05, 0) is 53.1 Å². The van der Waals surface area contributed by atoms with Crippen LogP contribution in [0, 0.1) is 0 Å². The van der Waals surface area contributed by atoms with Gasteiger partial charge in [-0.25, -0.2) is 0 Å². The molecule has 0 aliphatic carbocycles. The monoisotopic (exact) mass is 320 g/mol. The van der Waals surface area contributed by atoms with Crippen molar-refractivity contribution < 1.29 is 9.84 Å². The zero-order valence-corrected chi connectivity index (χ0v) is 13.4. The molecule has 0 radical (unpaired) electrons. The topological polar surface area (TPSA) is 54.4 Å². The van der Waals surface area contributed by atoms with E-state index in [4.69, 9.17) is 9.84 Å². The highest BCUT2D eigenvalue weighted by Gasteiger charge is 2.00. The fourth-order valence-electron chi connectivity index (χ4n) is 2.43. The minimum Gasteiger partial charge on any atom is -0.491 e. The number of nitrogens with one attached hydrogen (secondary N) is 1. The minimum absolute atomic E-state index is 0.0211. The fraction of sp³-hybridized carbons (Fsp3) is 0.150. The smallest absolute Gasteiger partial charge is 0.119 e. The summed E-state index contributed by atoms with van der Waals surface area (Å²) in [4.78, 5) is 4.17. The van der Waals surface area contributed by atoms with Crippen LogP contribution in [0.25, 0.3) is 11.1 Å². The Labute approximate surface area is 141 Å². The van der Waals surface area contributed by atoms with Crippen molar-refractivity contribution in [2.75, 3.05) is 18.5 Å². The van der Waals surface area contributed by atoms with E-state index in [0.717, 1.165) is 29.1 Å². The van der Waals surface area contributed by atoms with E-state index in [-0.39, 0.29) is 6.61 Å². The summed E-state index contributed by atoms with van der Waals surface area (Å²) in [5.74, 6) is 0.758. The molecule has 2 N–H and O–H groups in total. The van der Waals surface area contributed by atoms with Gasteiger partial charge in [0.05, 0.1) is 6.61 Å². The number of anilines is 1. The van der Waals surface area contributed by atoms with Crippen LogP contribution in [-0.4, -0.2) is 23.3 Å². The number of hydrogen-bond acceptors (Lipinski definition) is 4. The van der Waals surface area contributed by atoms with Gasteiger partial charge in [-0.1, -0.05) is 24.3 Å². The van der Waals surface area contributed by atoms with Crippen molar-refractivity contribution >= 4 is 5.69 Å². The number of nitrogens with zero attached hydrogens (tertiary/aromatic N) is 1. The molecule has 4 nitrogen and oxygen atoms in total. The summed E-state index contributed by atoms with van der Waals surface area (Å²) < 4.78 is 5.35. The summed E-state index contributed by atoms with van der Waals surface area (Å²) in [6.45, 7) is 1.08. The van der Waals surface area contributed by atoms with Crippen LogP contribution in [-0.2, 0) is 6.54 Å². The van der Waals surface area contributed by atoms with Gasteiger partial charge >= 0.3 is 0 Å². The number of rotatable bonds is 7. The first-order chi connectivity index (χ1) is 11.8. The summed E-state index contributed by atoms with van der Waals surface area (Å²) in [5.41, 5.74) is 4.51. The van der Waals surface area contributed by atoms with Gasteiger partial charge in [-0.2, -0.15) is 0 Å². The van der Waals surface area contributed by atoms with E-state index < -0.39 is 0 Å². The third-order valence-corrected chi connectivity index (χ3v) is 3.63. The molecule has 0 spiro atoms. The van der Waals surface area contributed by atoms with Crippen molar-refractivity contribution in [3.8, 4) is 16.9 Å². The van der Waals surface area contributed by atoms with Gasteiger partial charge in [0, 0.05) is 24.6 Å². The molecule has 0 atom stereocenters. The molecule has 1 heterocycles. The zero-order chi connectivity index (χ0) is 16.6. The van der Waals surface area contributed by atoms with Crippen LogP contribution in [0.15, 0.2) is 73.1 Å². The molecule has 1 aromatic heterocycles. The molecule has 0 saturated heterocycles. The molecule has 4 heteroatoms. The van der Waals surface area contributed by atoms with E-state index >= 15 is 0 Å². The highest BCUT2D eigenvalue weighted by Crippen LogP contribution is 2.20. The van der Waals surface area contributed by atoms with E-state index in [1.165, 1.54) is 5.56 Å². The molecular formula is C20H20N2O2. The molecule has 122 valence electrons. The van der Waals surface area contributed by atoms with Crippen molar-refractivity contribution in [3.05, 3.63) is 78.6 Å². The van der Waals surface area contributed by atoms with E-state index in [2.05, 4.69) is 40.6 Å². The predicted octanol–water partition coefficient (Wildman–Crippen LogP) is 3.73. The summed E-state index contributed by atoms with van der Waals surface area (Å²) >= 11 is 0. The largest absolute Gasteiger partial charge is 0.491 e. The standard InChI is InChI=1S/C20H20N2O2/c23-11-12-24-20-8-6-19(7-9-20)22-14-16-3-1-4-17(13-16)18-5-2-10-21-15-18/h1-10,13,15,22-23H,11-12,14H2. The van der Waals surface area contributed by atoms with Crippen molar-refractivity contribution in [3.63, 3.8) is 0 Å². The minimum atomic E-state index is 0.0211. The second-order valence-electron chi connectivity index (χ2n) is 5.39. The van der Waals surface area contributed by atoms with Gasteiger partial charge < -0.3 is 15.2 Å². The third-order valence-electron chi connectivity index (χ3n) is 3.63. The molecule has 0 unspecified atom stereocenters. The molecular weight excluding hydrogens is 300 g/mol. The molecule has 0 amide bonds. The first-order valence-corrected chi connectivity index (χ1v) is 7.92. The molecule has 0 aliphatic rings. The maximum absolute atomic E-state index is 8.76. The lowest BCUT2D eigenvalue weighted by Crippen LogP contribution is -2.02. The van der Waals surface area contributed by atoms with Crippen molar-refractivity contribution in [2.24, 2.45) is 0 Å². The molecule has 24 heavy (non-hydrogen) atoms. The van der Waals surface area contributed by atoms with Gasteiger partial charge in [0.2, 0.25) is 0 Å². The fourth-order valence-corrected chi connectivity index (χ4v) is 2.43. The summed E-state index contributed by atoms with van der Waals surface area (Å²) in [7, 11) is 0. The second-order valence-corrected chi connectivity index (χ2v) is 5.39. The Morgan fingerprint density at radius 3 is 2.54 bits per heavy atom. The Bertz CT molecular complexity index is 758. The zero-order valence-electron chi connectivity index (χ0n) is 13.4. The molecule has 0 fully saturated rings. The van der Waals surface area contributed by atoms with Crippen molar-refractivity contribution in [1.29, 1.82) is 0 Å². The van der Waals surface area contributed by atoms with E-state index in [9.17, 15) is 0 Å². The number of aromatic nitrogens is 1. The van der Waals surface area contributed by atoms with Crippen LogP contribution in [0.5, 0.6) is 5.75 Å². The first kappa shape index (κ1) is 16.0. The Balaban J connectivity index is 1.62. The highest BCUT2D eigenvalue weighted by atomic mass is 16.5. The van der Waals surface area contributed by atoms with Crippen molar-refractivity contribution in [1.82, 2.24) is 4.98 Å². The SMILES string of the molecule is OCCOc1ccc(NCc2cccc(-c3cccnc3)c2)cc1. The quantitative estimate of drug-likeness (QED) is 0.696. The van der Waals surface area contributed by atoms with Gasteiger partial charge in [0.1, 0.15) is 12.4 Å². The van der Waals surface area contributed by atoms with Gasteiger partial charge in [0.15, 0.2) is 0 Å².